The first-order valence-corrected chi connectivity index (χ1v) is 5.10. The first-order valence-electron chi connectivity index (χ1n) is 5.10. The van der Waals surface area contributed by atoms with Crippen molar-refractivity contribution in [3.63, 3.8) is 0 Å². The summed E-state index contributed by atoms with van der Waals surface area (Å²) in [6.07, 6.45) is 1.75. The van der Waals surface area contributed by atoms with E-state index in [0.717, 1.165) is 17.0 Å². The van der Waals surface area contributed by atoms with Crippen LogP contribution >= 0.6 is 0 Å². The van der Waals surface area contributed by atoms with Gasteiger partial charge in [-0.25, -0.2) is 0 Å². The summed E-state index contributed by atoms with van der Waals surface area (Å²) in [5, 5.41) is 4.11. The summed E-state index contributed by atoms with van der Waals surface area (Å²) < 4.78 is 6.96. The van der Waals surface area contributed by atoms with E-state index in [-0.39, 0.29) is 6.04 Å². The Labute approximate surface area is 94.6 Å². The van der Waals surface area contributed by atoms with E-state index in [2.05, 4.69) is 5.10 Å². The molecule has 4 heteroatoms. The van der Waals surface area contributed by atoms with Gasteiger partial charge in [-0.15, -0.1) is 0 Å². The van der Waals surface area contributed by atoms with Crippen molar-refractivity contribution < 1.29 is 4.74 Å². The van der Waals surface area contributed by atoms with Gasteiger partial charge in [-0.3, -0.25) is 4.68 Å². The number of nitrogens with two attached hydrogens (primary N) is 1. The van der Waals surface area contributed by atoms with Crippen LogP contribution in [-0.4, -0.2) is 16.9 Å². The third-order valence-electron chi connectivity index (χ3n) is 2.63. The zero-order chi connectivity index (χ0) is 11.5. The molecule has 1 unspecified atom stereocenters. The number of aryl methyl sites for hydroxylation is 1. The third kappa shape index (κ3) is 1.92. The predicted octanol–water partition coefficient (Wildman–Crippen LogP) is 1.48. The minimum absolute atomic E-state index is 0.178. The minimum Gasteiger partial charge on any atom is -0.497 e. The fraction of sp³-hybridized carbons (Fsp3) is 0.250. The molecule has 1 atom stereocenters. The molecule has 0 saturated carbocycles. The average Bonchev–Trinajstić information content (AvgIpc) is 2.74. The van der Waals surface area contributed by atoms with Gasteiger partial charge in [0.15, 0.2) is 0 Å². The maximum Gasteiger partial charge on any atom is 0.119 e. The highest BCUT2D eigenvalue weighted by Crippen LogP contribution is 2.22. The van der Waals surface area contributed by atoms with Gasteiger partial charge >= 0.3 is 0 Å². The summed E-state index contributed by atoms with van der Waals surface area (Å²) in [6.45, 7) is 0. The zero-order valence-electron chi connectivity index (χ0n) is 9.42. The van der Waals surface area contributed by atoms with Gasteiger partial charge in [-0.05, 0) is 23.8 Å². The number of aromatic nitrogens is 2. The lowest BCUT2D eigenvalue weighted by Gasteiger charge is -2.13. The maximum atomic E-state index is 6.17. The van der Waals surface area contributed by atoms with E-state index in [0.29, 0.717) is 0 Å². The molecule has 0 amide bonds. The number of hydrogen-bond donors (Lipinski definition) is 1. The van der Waals surface area contributed by atoms with Crippen molar-refractivity contribution >= 4 is 0 Å². The van der Waals surface area contributed by atoms with Crippen molar-refractivity contribution in [1.29, 1.82) is 0 Å². The molecule has 0 saturated heterocycles. The standard InChI is InChI=1S/C12H15N3O/c1-15-11(6-7-14-15)12(13)9-4-3-5-10(8-9)16-2/h3-8,12H,13H2,1-2H3. The molecule has 84 valence electrons. The van der Waals surface area contributed by atoms with Crippen molar-refractivity contribution in [2.75, 3.05) is 7.11 Å². The highest BCUT2D eigenvalue weighted by atomic mass is 16.5. The van der Waals surface area contributed by atoms with Crippen LogP contribution in [0.25, 0.3) is 0 Å². The van der Waals surface area contributed by atoms with Crippen LogP contribution < -0.4 is 10.5 Å². The Morgan fingerprint density at radius 2 is 2.19 bits per heavy atom. The van der Waals surface area contributed by atoms with Crippen LogP contribution in [0.3, 0.4) is 0 Å². The first-order chi connectivity index (χ1) is 7.72. The molecule has 1 aromatic carbocycles. The van der Waals surface area contributed by atoms with Gasteiger partial charge in [0.25, 0.3) is 0 Å². The largest absolute Gasteiger partial charge is 0.497 e. The lowest BCUT2D eigenvalue weighted by atomic mass is 10.0. The molecule has 2 aromatic rings. The summed E-state index contributed by atoms with van der Waals surface area (Å²) >= 11 is 0. The summed E-state index contributed by atoms with van der Waals surface area (Å²) in [7, 11) is 3.53. The second kappa shape index (κ2) is 4.37. The van der Waals surface area contributed by atoms with Crippen LogP contribution in [-0.2, 0) is 7.05 Å². The Morgan fingerprint density at radius 1 is 1.38 bits per heavy atom. The average molecular weight is 217 g/mol. The van der Waals surface area contributed by atoms with Gasteiger partial charge in [0.2, 0.25) is 0 Å². The molecule has 1 heterocycles. The molecule has 16 heavy (non-hydrogen) atoms. The molecule has 2 N–H and O–H groups in total. The molecule has 0 aliphatic rings. The molecule has 0 radical (unpaired) electrons. The Morgan fingerprint density at radius 3 is 2.81 bits per heavy atom. The van der Waals surface area contributed by atoms with E-state index >= 15 is 0 Å². The van der Waals surface area contributed by atoms with Crippen molar-refractivity contribution in [2.45, 2.75) is 6.04 Å². The fourth-order valence-electron chi connectivity index (χ4n) is 1.69. The van der Waals surface area contributed by atoms with E-state index in [1.807, 2.05) is 37.4 Å². The van der Waals surface area contributed by atoms with Crippen LogP contribution in [0.1, 0.15) is 17.3 Å². The number of ether oxygens (including phenoxy) is 1. The van der Waals surface area contributed by atoms with Crippen molar-refractivity contribution in [1.82, 2.24) is 9.78 Å². The van der Waals surface area contributed by atoms with E-state index in [9.17, 15) is 0 Å². The molecular weight excluding hydrogens is 202 g/mol. The van der Waals surface area contributed by atoms with Crippen LogP contribution in [0.15, 0.2) is 36.5 Å². The minimum atomic E-state index is -0.178. The summed E-state index contributed by atoms with van der Waals surface area (Å²) in [6, 6.07) is 9.51. The van der Waals surface area contributed by atoms with Crippen LogP contribution in [0, 0.1) is 0 Å². The van der Waals surface area contributed by atoms with Crippen molar-refractivity contribution in [3.05, 3.63) is 47.8 Å². The van der Waals surface area contributed by atoms with E-state index in [1.165, 1.54) is 0 Å². The topological polar surface area (TPSA) is 53.1 Å². The highest BCUT2D eigenvalue weighted by Gasteiger charge is 2.12. The molecule has 0 aliphatic carbocycles. The number of hydrogen-bond acceptors (Lipinski definition) is 3. The van der Waals surface area contributed by atoms with E-state index in [1.54, 1.807) is 18.0 Å². The molecule has 2 rings (SSSR count). The molecule has 4 nitrogen and oxygen atoms in total. The summed E-state index contributed by atoms with van der Waals surface area (Å²) in [5.74, 6) is 0.815. The molecule has 0 fully saturated rings. The maximum absolute atomic E-state index is 6.17. The SMILES string of the molecule is COc1cccc(C(N)c2ccnn2C)c1. The number of methoxy groups -OCH3 is 1. The number of rotatable bonds is 3. The molecular formula is C12H15N3O. The van der Waals surface area contributed by atoms with E-state index in [4.69, 9.17) is 10.5 Å². The van der Waals surface area contributed by atoms with Crippen molar-refractivity contribution in [3.8, 4) is 5.75 Å². The summed E-state index contributed by atoms with van der Waals surface area (Å²) in [4.78, 5) is 0. The number of nitrogens with zero attached hydrogens (tertiary/aromatic N) is 2. The summed E-state index contributed by atoms with van der Waals surface area (Å²) in [5.41, 5.74) is 8.17. The smallest absolute Gasteiger partial charge is 0.119 e. The first kappa shape index (κ1) is 10.7. The van der Waals surface area contributed by atoms with E-state index < -0.39 is 0 Å². The van der Waals surface area contributed by atoms with Gasteiger partial charge in [-0.1, -0.05) is 12.1 Å². The van der Waals surface area contributed by atoms with Gasteiger partial charge in [0, 0.05) is 13.2 Å². The van der Waals surface area contributed by atoms with Crippen LogP contribution in [0.5, 0.6) is 5.75 Å². The van der Waals surface area contributed by atoms with Gasteiger partial charge < -0.3 is 10.5 Å². The Hall–Kier alpha value is -1.81. The Kier molecular flexibility index (Phi) is 2.92. The fourth-order valence-corrected chi connectivity index (χ4v) is 1.69. The molecule has 0 aliphatic heterocycles. The predicted molar refractivity (Wildman–Crippen MR) is 62.2 cm³/mol. The Bertz CT molecular complexity index is 479. The van der Waals surface area contributed by atoms with Crippen LogP contribution in [0.2, 0.25) is 0 Å². The lowest BCUT2D eigenvalue weighted by molar-refractivity contribution is 0.414. The monoisotopic (exact) mass is 217 g/mol. The van der Waals surface area contributed by atoms with Crippen LogP contribution in [0.4, 0.5) is 0 Å². The zero-order valence-corrected chi connectivity index (χ0v) is 9.42. The quantitative estimate of drug-likeness (QED) is 0.847. The second-order valence-corrected chi connectivity index (χ2v) is 3.63. The molecule has 0 spiro atoms. The van der Waals surface area contributed by atoms with Gasteiger partial charge in [0.05, 0.1) is 18.8 Å². The van der Waals surface area contributed by atoms with Gasteiger partial charge in [-0.2, -0.15) is 5.10 Å². The number of benzene rings is 1. The third-order valence-corrected chi connectivity index (χ3v) is 2.63. The van der Waals surface area contributed by atoms with Crippen molar-refractivity contribution in [2.24, 2.45) is 12.8 Å². The second-order valence-electron chi connectivity index (χ2n) is 3.63. The highest BCUT2D eigenvalue weighted by molar-refractivity contribution is 5.34. The lowest BCUT2D eigenvalue weighted by Crippen LogP contribution is -2.15. The Balaban J connectivity index is 2.33. The molecule has 1 aromatic heterocycles. The van der Waals surface area contributed by atoms with Gasteiger partial charge in [0.1, 0.15) is 5.75 Å². The normalized spacial score (nSPS) is 12.4. The molecule has 0 bridgehead atoms.